The summed E-state index contributed by atoms with van der Waals surface area (Å²) in [7, 11) is -1.64. The zero-order valence-electron chi connectivity index (χ0n) is 10.6. The Morgan fingerprint density at radius 2 is 2.00 bits per heavy atom. The van der Waals surface area contributed by atoms with E-state index in [1.54, 1.807) is 0 Å². The predicted octanol–water partition coefficient (Wildman–Crippen LogP) is 0.803. The molecule has 1 aromatic rings. The molecule has 0 spiro atoms. The molecular weight excluding hydrogens is 292 g/mol. The Morgan fingerprint density at radius 1 is 1.35 bits per heavy atom. The molecule has 0 saturated heterocycles. The SMILES string of the molecule is CC(=O)N[C@@H](CS(=O)Cc1ccc(F)c(F)c1)C(=O)O. The van der Waals surface area contributed by atoms with Crippen LogP contribution in [0.5, 0.6) is 0 Å². The van der Waals surface area contributed by atoms with Crippen LogP contribution in [0, 0.1) is 11.6 Å². The minimum atomic E-state index is -1.64. The highest BCUT2D eigenvalue weighted by molar-refractivity contribution is 7.84. The van der Waals surface area contributed by atoms with Gasteiger partial charge in [-0.2, -0.15) is 0 Å². The topological polar surface area (TPSA) is 83.5 Å². The fourth-order valence-corrected chi connectivity index (χ4v) is 2.75. The Morgan fingerprint density at radius 3 is 2.50 bits per heavy atom. The maximum atomic E-state index is 13.0. The highest BCUT2D eigenvalue weighted by Gasteiger charge is 2.21. The van der Waals surface area contributed by atoms with Crippen molar-refractivity contribution in [3.05, 3.63) is 35.4 Å². The van der Waals surface area contributed by atoms with Crippen LogP contribution < -0.4 is 5.32 Å². The Labute approximate surface area is 116 Å². The van der Waals surface area contributed by atoms with Gasteiger partial charge in [-0.3, -0.25) is 9.00 Å². The van der Waals surface area contributed by atoms with E-state index in [4.69, 9.17) is 5.11 Å². The van der Waals surface area contributed by atoms with Crippen LogP contribution in [0.2, 0.25) is 0 Å². The van der Waals surface area contributed by atoms with Gasteiger partial charge in [-0.05, 0) is 17.7 Å². The largest absolute Gasteiger partial charge is 0.480 e. The van der Waals surface area contributed by atoms with E-state index in [0.29, 0.717) is 0 Å². The lowest BCUT2D eigenvalue weighted by molar-refractivity contribution is -0.140. The van der Waals surface area contributed by atoms with Crippen molar-refractivity contribution in [1.82, 2.24) is 5.32 Å². The number of rotatable bonds is 6. The summed E-state index contributed by atoms with van der Waals surface area (Å²) in [6.07, 6.45) is 0. The predicted molar refractivity (Wildman–Crippen MR) is 68.3 cm³/mol. The molecule has 1 amide bonds. The summed E-state index contributed by atoms with van der Waals surface area (Å²) in [4.78, 5) is 21.7. The van der Waals surface area contributed by atoms with E-state index in [1.165, 1.54) is 6.07 Å². The zero-order chi connectivity index (χ0) is 15.3. The Hall–Kier alpha value is -1.83. The third-order valence-electron chi connectivity index (χ3n) is 2.34. The summed E-state index contributed by atoms with van der Waals surface area (Å²) in [5.41, 5.74) is 0.286. The molecule has 0 radical (unpaired) electrons. The third kappa shape index (κ3) is 5.04. The minimum absolute atomic E-state index is 0.124. The number of aliphatic carboxylic acids is 1. The molecule has 0 aromatic heterocycles. The number of carbonyl (C=O) groups is 2. The number of nitrogens with one attached hydrogen (secondary N) is 1. The molecule has 20 heavy (non-hydrogen) atoms. The monoisotopic (exact) mass is 305 g/mol. The molecule has 8 heteroatoms. The van der Waals surface area contributed by atoms with Crippen LogP contribution in [0.15, 0.2) is 18.2 Å². The second-order valence-corrected chi connectivity index (χ2v) is 5.59. The van der Waals surface area contributed by atoms with Crippen molar-refractivity contribution in [2.24, 2.45) is 0 Å². The van der Waals surface area contributed by atoms with Crippen molar-refractivity contribution in [2.75, 3.05) is 5.75 Å². The highest BCUT2D eigenvalue weighted by atomic mass is 32.2. The van der Waals surface area contributed by atoms with Gasteiger partial charge in [0.05, 0.1) is 5.75 Å². The molecule has 2 N–H and O–H groups in total. The Balaban J connectivity index is 2.67. The maximum absolute atomic E-state index is 13.0. The number of hydrogen-bond donors (Lipinski definition) is 2. The number of hydrogen-bond acceptors (Lipinski definition) is 3. The first-order valence-electron chi connectivity index (χ1n) is 5.58. The smallest absolute Gasteiger partial charge is 0.327 e. The second-order valence-electron chi connectivity index (χ2n) is 4.09. The van der Waals surface area contributed by atoms with Crippen molar-refractivity contribution in [1.29, 1.82) is 0 Å². The van der Waals surface area contributed by atoms with E-state index in [-0.39, 0.29) is 17.1 Å². The van der Waals surface area contributed by atoms with Gasteiger partial charge in [0.25, 0.3) is 0 Å². The minimum Gasteiger partial charge on any atom is -0.480 e. The van der Waals surface area contributed by atoms with Gasteiger partial charge in [-0.15, -0.1) is 0 Å². The molecule has 0 aliphatic heterocycles. The number of carbonyl (C=O) groups excluding carboxylic acids is 1. The van der Waals surface area contributed by atoms with Crippen LogP contribution in [0.4, 0.5) is 8.78 Å². The normalized spacial score (nSPS) is 13.6. The van der Waals surface area contributed by atoms with Crippen LogP contribution in [0.25, 0.3) is 0 Å². The van der Waals surface area contributed by atoms with Crippen molar-refractivity contribution >= 4 is 22.7 Å². The van der Waals surface area contributed by atoms with Crippen LogP contribution in [-0.2, 0) is 26.1 Å². The van der Waals surface area contributed by atoms with Gasteiger partial charge in [-0.25, -0.2) is 13.6 Å². The summed E-state index contributed by atoms with van der Waals surface area (Å²) in [6.45, 7) is 1.15. The molecular formula is C12H13F2NO4S. The molecule has 0 aliphatic carbocycles. The molecule has 1 rings (SSSR count). The van der Waals surface area contributed by atoms with E-state index in [9.17, 15) is 22.6 Å². The average molecular weight is 305 g/mol. The molecule has 0 saturated carbocycles. The summed E-state index contributed by atoms with van der Waals surface area (Å²) in [5, 5.41) is 11.0. The number of halogens is 2. The summed E-state index contributed by atoms with van der Waals surface area (Å²) in [6, 6.07) is 1.80. The lowest BCUT2D eigenvalue weighted by Gasteiger charge is -2.12. The third-order valence-corrected chi connectivity index (χ3v) is 3.70. The molecule has 0 aliphatic rings. The molecule has 1 aromatic carbocycles. The lowest BCUT2D eigenvalue weighted by Crippen LogP contribution is -2.43. The molecule has 5 nitrogen and oxygen atoms in total. The van der Waals surface area contributed by atoms with Gasteiger partial charge >= 0.3 is 5.97 Å². The first-order chi connectivity index (χ1) is 9.29. The van der Waals surface area contributed by atoms with Crippen LogP contribution in [0.3, 0.4) is 0 Å². The Kier molecular flexibility index (Phi) is 5.75. The van der Waals surface area contributed by atoms with Gasteiger partial charge in [-0.1, -0.05) is 6.07 Å². The number of amides is 1. The van der Waals surface area contributed by atoms with E-state index >= 15 is 0 Å². The Bertz CT molecular complexity index is 550. The highest BCUT2D eigenvalue weighted by Crippen LogP contribution is 2.11. The van der Waals surface area contributed by atoms with E-state index < -0.39 is 40.4 Å². The van der Waals surface area contributed by atoms with Gasteiger partial charge in [0.2, 0.25) is 5.91 Å². The molecule has 1 unspecified atom stereocenters. The first-order valence-corrected chi connectivity index (χ1v) is 7.07. The molecule has 110 valence electrons. The summed E-state index contributed by atoms with van der Waals surface area (Å²) in [5.74, 6) is -4.37. The molecule has 0 bridgehead atoms. The average Bonchev–Trinajstić information content (AvgIpc) is 2.32. The second kappa shape index (κ2) is 7.09. The van der Waals surface area contributed by atoms with Crippen molar-refractivity contribution in [3.63, 3.8) is 0 Å². The fourth-order valence-electron chi connectivity index (χ4n) is 1.48. The number of carboxylic acid groups (broad SMARTS) is 1. The molecule has 0 fully saturated rings. The van der Waals surface area contributed by atoms with Crippen molar-refractivity contribution in [3.8, 4) is 0 Å². The van der Waals surface area contributed by atoms with Crippen molar-refractivity contribution < 1.29 is 27.7 Å². The number of carboxylic acids is 1. The maximum Gasteiger partial charge on any atom is 0.327 e. The van der Waals surface area contributed by atoms with Crippen LogP contribution in [-0.4, -0.2) is 33.0 Å². The van der Waals surface area contributed by atoms with Crippen LogP contribution >= 0.6 is 0 Å². The van der Waals surface area contributed by atoms with Crippen LogP contribution in [0.1, 0.15) is 12.5 Å². The quantitative estimate of drug-likeness (QED) is 0.814. The summed E-state index contributed by atoms with van der Waals surface area (Å²) >= 11 is 0. The van der Waals surface area contributed by atoms with Crippen molar-refractivity contribution in [2.45, 2.75) is 18.7 Å². The van der Waals surface area contributed by atoms with Gasteiger partial charge in [0.15, 0.2) is 11.6 Å². The fraction of sp³-hybridized carbons (Fsp3) is 0.333. The van der Waals surface area contributed by atoms with Gasteiger partial charge in [0.1, 0.15) is 6.04 Å². The first kappa shape index (κ1) is 16.2. The lowest BCUT2D eigenvalue weighted by atomic mass is 10.2. The van der Waals surface area contributed by atoms with E-state index in [1.807, 2.05) is 0 Å². The molecule has 2 atom stereocenters. The van der Waals surface area contributed by atoms with Gasteiger partial charge in [0, 0.05) is 23.5 Å². The van der Waals surface area contributed by atoms with E-state index in [2.05, 4.69) is 5.32 Å². The molecule has 0 heterocycles. The standard InChI is InChI=1S/C12H13F2NO4S/c1-7(16)15-11(12(17)18)6-20(19)5-8-2-3-9(13)10(14)4-8/h2-4,11H,5-6H2,1H3,(H,15,16)(H,17,18)/t11-,20?/m0/s1. The van der Waals surface area contributed by atoms with E-state index in [0.717, 1.165) is 19.1 Å². The summed E-state index contributed by atoms with van der Waals surface area (Å²) < 4.78 is 37.5. The zero-order valence-corrected chi connectivity index (χ0v) is 11.4. The number of benzene rings is 1. The van der Waals surface area contributed by atoms with Gasteiger partial charge < -0.3 is 10.4 Å².